The lowest BCUT2D eigenvalue weighted by Crippen LogP contribution is -2.33. The second-order valence-corrected chi connectivity index (χ2v) is 7.59. The van der Waals surface area contributed by atoms with Gasteiger partial charge in [-0.2, -0.15) is 5.26 Å². The van der Waals surface area contributed by atoms with Gasteiger partial charge >= 0.3 is 0 Å². The lowest BCUT2D eigenvalue weighted by molar-refractivity contribution is 0.419. The van der Waals surface area contributed by atoms with E-state index >= 15 is 0 Å². The van der Waals surface area contributed by atoms with E-state index in [9.17, 15) is 8.42 Å². The molecule has 4 nitrogen and oxygen atoms in total. The van der Waals surface area contributed by atoms with Gasteiger partial charge in [0.05, 0.1) is 17.2 Å². The fraction of sp³-hybridized carbons (Fsp3) is 0.917. The van der Waals surface area contributed by atoms with Crippen molar-refractivity contribution in [2.24, 2.45) is 5.41 Å². The second-order valence-electron chi connectivity index (χ2n) is 5.40. The van der Waals surface area contributed by atoms with E-state index in [2.05, 4.69) is 11.4 Å². The molecule has 0 aromatic carbocycles. The second kappa shape index (κ2) is 6.97. The zero-order valence-electron chi connectivity index (χ0n) is 11.3. The fourth-order valence-electron chi connectivity index (χ4n) is 1.61. The summed E-state index contributed by atoms with van der Waals surface area (Å²) in [5, 5.41) is 12.0. The van der Waals surface area contributed by atoms with Crippen LogP contribution in [0.15, 0.2) is 0 Å². The van der Waals surface area contributed by atoms with E-state index in [-0.39, 0.29) is 17.2 Å². The average molecular weight is 260 g/mol. The van der Waals surface area contributed by atoms with E-state index in [1.165, 1.54) is 6.26 Å². The Kier molecular flexibility index (Phi) is 6.73. The smallest absolute Gasteiger partial charge is 0.148 e. The molecular weight excluding hydrogens is 236 g/mol. The van der Waals surface area contributed by atoms with Crippen LogP contribution in [0.5, 0.6) is 0 Å². The number of rotatable bonds is 8. The van der Waals surface area contributed by atoms with Gasteiger partial charge in [-0.3, -0.25) is 0 Å². The van der Waals surface area contributed by atoms with Gasteiger partial charge < -0.3 is 5.32 Å². The Morgan fingerprint density at radius 1 is 1.35 bits per heavy atom. The summed E-state index contributed by atoms with van der Waals surface area (Å²) < 4.78 is 22.0. The van der Waals surface area contributed by atoms with Crippen molar-refractivity contribution < 1.29 is 8.42 Å². The molecule has 0 bridgehead atoms. The van der Waals surface area contributed by atoms with Gasteiger partial charge in [-0.15, -0.1) is 0 Å². The maximum absolute atomic E-state index is 11.0. The molecule has 0 fully saturated rings. The fourth-order valence-corrected chi connectivity index (χ4v) is 2.64. The molecule has 0 aliphatic rings. The molecule has 0 heterocycles. The Morgan fingerprint density at radius 2 is 1.94 bits per heavy atom. The zero-order valence-corrected chi connectivity index (χ0v) is 12.1. The molecule has 1 atom stereocenters. The SMILES string of the molecule is CC(CS(C)(=O)=O)NCCCCC(C)(C)C#N. The van der Waals surface area contributed by atoms with Crippen LogP contribution in [0.1, 0.15) is 40.0 Å². The lowest BCUT2D eigenvalue weighted by Gasteiger charge is -2.16. The molecule has 0 radical (unpaired) electrons. The first-order valence-corrected chi connectivity index (χ1v) is 8.05. The lowest BCUT2D eigenvalue weighted by atomic mass is 9.89. The number of nitriles is 1. The molecule has 0 aliphatic carbocycles. The summed E-state index contributed by atoms with van der Waals surface area (Å²) in [6.45, 7) is 6.55. The molecule has 100 valence electrons. The molecule has 0 amide bonds. The molecule has 0 aromatic rings. The summed E-state index contributed by atoms with van der Waals surface area (Å²) in [5.74, 6) is 0.177. The topological polar surface area (TPSA) is 70.0 Å². The highest BCUT2D eigenvalue weighted by Gasteiger charge is 2.15. The molecule has 17 heavy (non-hydrogen) atoms. The summed E-state index contributed by atoms with van der Waals surface area (Å²) >= 11 is 0. The minimum atomic E-state index is -2.90. The van der Waals surface area contributed by atoms with Crippen LogP contribution in [0, 0.1) is 16.7 Å². The van der Waals surface area contributed by atoms with Gasteiger partial charge in [0, 0.05) is 12.3 Å². The molecule has 0 spiro atoms. The van der Waals surface area contributed by atoms with Crippen molar-refractivity contribution >= 4 is 9.84 Å². The van der Waals surface area contributed by atoms with Crippen molar-refractivity contribution in [1.29, 1.82) is 5.26 Å². The van der Waals surface area contributed by atoms with Crippen LogP contribution in [0.25, 0.3) is 0 Å². The monoisotopic (exact) mass is 260 g/mol. The van der Waals surface area contributed by atoms with E-state index < -0.39 is 9.84 Å². The van der Waals surface area contributed by atoms with Crippen molar-refractivity contribution in [3.05, 3.63) is 0 Å². The van der Waals surface area contributed by atoms with E-state index in [0.29, 0.717) is 0 Å². The van der Waals surface area contributed by atoms with Crippen LogP contribution < -0.4 is 5.32 Å². The first-order chi connectivity index (χ1) is 7.66. The van der Waals surface area contributed by atoms with E-state index in [4.69, 9.17) is 5.26 Å². The van der Waals surface area contributed by atoms with E-state index in [0.717, 1.165) is 25.8 Å². The standard InChI is InChI=1S/C12H24N2O2S/c1-11(9-17(4,15)16)14-8-6-5-7-12(2,3)10-13/h11,14H,5-9H2,1-4H3. The highest BCUT2D eigenvalue weighted by Crippen LogP contribution is 2.21. The Morgan fingerprint density at radius 3 is 2.41 bits per heavy atom. The van der Waals surface area contributed by atoms with Crippen molar-refractivity contribution in [2.45, 2.75) is 46.1 Å². The summed E-state index contributed by atoms with van der Waals surface area (Å²) in [5.41, 5.74) is -0.252. The summed E-state index contributed by atoms with van der Waals surface area (Å²) in [6.07, 6.45) is 4.09. The van der Waals surface area contributed by atoms with E-state index in [1.807, 2.05) is 20.8 Å². The Balaban J connectivity index is 3.63. The minimum Gasteiger partial charge on any atom is -0.313 e. The predicted octanol–water partition coefficient (Wildman–Crippen LogP) is 1.73. The van der Waals surface area contributed by atoms with Crippen molar-refractivity contribution in [1.82, 2.24) is 5.32 Å². The molecule has 0 rings (SSSR count). The van der Waals surface area contributed by atoms with Crippen LogP contribution >= 0.6 is 0 Å². The highest BCUT2D eigenvalue weighted by molar-refractivity contribution is 7.90. The van der Waals surface area contributed by atoms with Crippen LogP contribution in [0.4, 0.5) is 0 Å². The number of hydrogen-bond acceptors (Lipinski definition) is 4. The maximum Gasteiger partial charge on any atom is 0.148 e. The van der Waals surface area contributed by atoms with Crippen molar-refractivity contribution in [3.8, 4) is 6.07 Å². The Bertz CT molecular complexity index is 355. The molecule has 1 N–H and O–H groups in total. The molecule has 0 saturated heterocycles. The third kappa shape index (κ3) is 10.3. The third-order valence-corrected chi connectivity index (χ3v) is 3.68. The Hall–Kier alpha value is -0.600. The van der Waals surface area contributed by atoms with Gasteiger partial charge in [0.1, 0.15) is 9.84 Å². The number of nitrogens with one attached hydrogen (secondary N) is 1. The largest absolute Gasteiger partial charge is 0.313 e. The quantitative estimate of drug-likeness (QED) is 0.675. The first kappa shape index (κ1) is 16.4. The third-order valence-electron chi connectivity index (χ3n) is 2.58. The van der Waals surface area contributed by atoms with Gasteiger partial charge in [0.2, 0.25) is 0 Å². The number of unbranched alkanes of at least 4 members (excludes halogenated alkanes) is 1. The van der Waals surface area contributed by atoms with Crippen LogP contribution in [-0.2, 0) is 9.84 Å². The van der Waals surface area contributed by atoms with Gasteiger partial charge in [0.15, 0.2) is 0 Å². The number of hydrogen-bond donors (Lipinski definition) is 1. The molecule has 0 aromatic heterocycles. The Labute approximate surface area is 105 Å². The summed E-state index contributed by atoms with van der Waals surface area (Å²) in [4.78, 5) is 0. The van der Waals surface area contributed by atoms with Gasteiger partial charge in [-0.05, 0) is 40.2 Å². The van der Waals surface area contributed by atoms with Crippen molar-refractivity contribution in [3.63, 3.8) is 0 Å². The molecule has 0 saturated carbocycles. The minimum absolute atomic E-state index is 0.00558. The van der Waals surface area contributed by atoms with Crippen LogP contribution in [-0.4, -0.2) is 33.0 Å². The zero-order chi connectivity index (χ0) is 13.5. The molecule has 5 heteroatoms. The van der Waals surface area contributed by atoms with Gasteiger partial charge in [-0.1, -0.05) is 6.42 Å². The molecular formula is C12H24N2O2S. The van der Waals surface area contributed by atoms with Crippen molar-refractivity contribution in [2.75, 3.05) is 18.6 Å². The molecule has 1 unspecified atom stereocenters. The number of sulfone groups is 1. The normalized spacial score (nSPS) is 14.3. The first-order valence-electron chi connectivity index (χ1n) is 5.99. The van der Waals surface area contributed by atoms with Crippen LogP contribution in [0.3, 0.4) is 0 Å². The number of nitrogens with zero attached hydrogens (tertiary/aromatic N) is 1. The maximum atomic E-state index is 11.0. The average Bonchev–Trinajstić information content (AvgIpc) is 2.14. The van der Waals surface area contributed by atoms with Gasteiger partial charge in [0.25, 0.3) is 0 Å². The van der Waals surface area contributed by atoms with Crippen LogP contribution in [0.2, 0.25) is 0 Å². The summed E-state index contributed by atoms with van der Waals surface area (Å²) in [7, 11) is -2.90. The van der Waals surface area contributed by atoms with Gasteiger partial charge in [-0.25, -0.2) is 8.42 Å². The molecule has 0 aliphatic heterocycles. The highest BCUT2D eigenvalue weighted by atomic mass is 32.2. The van der Waals surface area contributed by atoms with E-state index in [1.54, 1.807) is 0 Å². The predicted molar refractivity (Wildman–Crippen MR) is 70.4 cm³/mol. The summed E-state index contributed by atoms with van der Waals surface area (Å²) in [6, 6.07) is 2.27.